The normalized spacial score (nSPS) is 13.2. The molecule has 2 unspecified atom stereocenters. The topological polar surface area (TPSA) is 108 Å². The van der Waals surface area contributed by atoms with Crippen molar-refractivity contribution in [2.75, 3.05) is 13.2 Å². The highest BCUT2D eigenvalue weighted by atomic mass is 79.9. The highest BCUT2D eigenvalue weighted by Crippen LogP contribution is 2.27. The Morgan fingerprint density at radius 3 is 2.28 bits per heavy atom. The van der Waals surface area contributed by atoms with Gasteiger partial charge >= 0.3 is 12.1 Å². The van der Waals surface area contributed by atoms with Crippen molar-refractivity contribution in [3.63, 3.8) is 0 Å². The minimum absolute atomic E-state index is 0.0153. The Kier molecular flexibility index (Phi) is 12.1. The third-order valence-electron chi connectivity index (χ3n) is 6.11. The SMILES string of the molecule is CCOC(=O)C(COS(=O)(=O)c1ccc(Br)cc1)CC(Cc1ccc(-c2cc(Cl)ccc2F)cc1)NC(=O)OC(C)(C)C. The number of esters is 1. The molecule has 232 valence electrons. The van der Waals surface area contributed by atoms with Gasteiger partial charge in [0.1, 0.15) is 11.4 Å². The first kappa shape index (κ1) is 34.5. The van der Waals surface area contributed by atoms with E-state index in [9.17, 15) is 22.4 Å². The van der Waals surface area contributed by atoms with Crippen LogP contribution in [0.5, 0.6) is 0 Å². The molecule has 0 fully saturated rings. The van der Waals surface area contributed by atoms with E-state index in [1.165, 1.54) is 30.3 Å². The van der Waals surface area contributed by atoms with Gasteiger partial charge in [-0.05, 0) is 94.1 Å². The predicted octanol–water partition coefficient (Wildman–Crippen LogP) is 7.32. The summed E-state index contributed by atoms with van der Waals surface area (Å²) >= 11 is 9.31. The van der Waals surface area contributed by atoms with Crippen molar-refractivity contribution in [2.24, 2.45) is 5.92 Å². The van der Waals surface area contributed by atoms with Crippen molar-refractivity contribution in [1.82, 2.24) is 5.32 Å². The van der Waals surface area contributed by atoms with E-state index in [-0.39, 0.29) is 24.3 Å². The van der Waals surface area contributed by atoms with Crippen molar-refractivity contribution < 1.29 is 36.1 Å². The molecule has 0 aliphatic rings. The number of carbonyl (C=O) groups excluding carboxylic acids is 2. The third-order valence-corrected chi connectivity index (χ3v) is 8.17. The van der Waals surface area contributed by atoms with Gasteiger partial charge in [0.05, 0.1) is 24.0 Å². The Hall–Kier alpha value is -2.99. The van der Waals surface area contributed by atoms with Crippen LogP contribution in [-0.4, -0.2) is 45.3 Å². The summed E-state index contributed by atoms with van der Waals surface area (Å²) in [7, 11) is -4.18. The lowest BCUT2D eigenvalue weighted by Gasteiger charge is -2.26. The zero-order valence-electron chi connectivity index (χ0n) is 24.2. The summed E-state index contributed by atoms with van der Waals surface area (Å²) in [6, 6.07) is 16.5. The van der Waals surface area contributed by atoms with E-state index in [4.69, 9.17) is 25.3 Å². The fraction of sp³-hybridized carbons (Fsp3) is 0.355. The average molecular weight is 699 g/mol. The van der Waals surface area contributed by atoms with Gasteiger partial charge in [-0.3, -0.25) is 8.98 Å². The van der Waals surface area contributed by atoms with Gasteiger partial charge in [-0.2, -0.15) is 8.42 Å². The molecule has 1 N–H and O–H groups in total. The lowest BCUT2D eigenvalue weighted by molar-refractivity contribution is -0.149. The first-order chi connectivity index (χ1) is 20.2. The Morgan fingerprint density at radius 1 is 1.02 bits per heavy atom. The first-order valence-corrected chi connectivity index (χ1v) is 16.1. The van der Waals surface area contributed by atoms with Crippen molar-refractivity contribution in [3.05, 3.63) is 87.6 Å². The lowest BCUT2D eigenvalue weighted by atomic mass is 9.94. The number of amides is 1. The number of carbonyl (C=O) groups is 2. The van der Waals surface area contributed by atoms with Crippen LogP contribution in [0.15, 0.2) is 76.1 Å². The van der Waals surface area contributed by atoms with Gasteiger partial charge in [0.15, 0.2) is 0 Å². The first-order valence-electron chi connectivity index (χ1n) is 13.5. The number of nitrogens with one attached hydrogen (secondary N) is 1. The van der Waals surface area contributed by atoms with Gasteiger partial charge in [-0.1, -0.05) is 51.8 Å². The van der Waals surface area contributed by atoms with Crippen LogP contribution in [-0.2, 0) is 35.0 Å². The summed E-state index contributed by atoms with van der Waals surface area (Å²) < 4.78 is 56.6. The van der Waals surface area contributed by atoms with Gasteiger partial charge in [0.2, 0.25) is 0 Å². The summed E-state index contributed by atoms with van der Waals surface area (Å²) in [5.41, 5.74) is 0.934. The molecule has 0 radical (unpaired) electrons. The molecule has 0 spiro atoms. The van der Waals surface area contributed by atoms with Crippen molar-refractivity contribution in [2.45, 2.75) is 57.1 Å². The molecule has 3 aromatic carbocycles. The van der Waals surface area contributed by atoms with Crippen LogP contribution in [0.25, 0.3) is 11.1 Å². The Balaban J connectivity index is 1.84. The predicted molar refractivity (Wildman–Crippen MR) is 166 cm³/mol. The minimum Gasteiger partial charge on any atom is -0.466 e. The molecule has 8 nitrogen and oxygen atoms in total. The van der Waals surface area contributed by atoms with Crippen LogP contribution >= 0.6 is 27.5 Å². The zero-order chi connectivity index (χ0) is 31.8. The molecule has 1 amide bonds. The van der Waals surface area contributed by atoms with Gasteiger partial charge in [0.25, 0.3) is 10.1 Å². The van der Waals surface area contributed by atoms with E-state index in [1.54, 1.807) is 64.1 Å². The Labute approximate surface area is 265 Å². The smallest absolute Gasteiger partial charge is 0.407 e. The average Bonchev–Trinajstić information content (AvgIpc) is 2.92. The van der Waals surface area contributed by atoms with Crippen LogP contribution in [0.4, 0.5) is 9.18 Å². The standard InChI is InChI=1S/C31H34BrClFNO7S/c1-5-40-29(36)22(19-41-43(38,39)26-13-10-23(32)11-14-26)17-25(35-30(37)42-31(2,3)4)16-20-6-8-21(9-7-20)27-18-24(33)12-15-28(27)34/h6-15,18,22,25H,5,16-17,19H2,1-4H3,(H,35,37). The summed E-state index contributed by atoms with van der Waals surface area (Å²) in [5, 5.41) is 3.19. The van der Waals surface area contributed by atoms with E-state index < -0.39 is 52.2 Å². The Bertz CT molecular complexity index is 1510. The molecule has 0 aromatic heterocycles. The van der Waals surface area contributed by atoms with Gasteiger partial charge in [-0.15, -0.1) is 0 Å². The van der Waals surface area contributed by atoms with Crippen molar-refractivity contribution in [3.8, 4) is 11.1 Å². The molecular formula is C31H34BrClFNO7S. The highest BCUT2D eigenvalue weighted by Gasteiger charge is 2.30. The summed E-state index contributed by atoms with van der Waals surface area (Å²) in [5.74, 6) is -2.13. The molecule has 0 saturated carbocycles. The highest BCUT2D eigenvalue weighted by molar-refractivity contribution is 9.10. The fourth-order valence-electron chi connectivity index (χ4n) is 4.17. The molecule has 0 saturated heterocycles. The minimum atomic E-state index is -4.18. The summed E-state index contributed by atoms with van der Waals surface area (Å²) in [4.78, 5) is 25.6. The van der Waals surface area contributed by atoms with Gasteiger partial charge < -0.3 is 14.8 Å². The van der Waals surface area contributed by atoms with E-state index in [1.807, 2.05) is 0 Å². The Morgan fingerprint density at radius 2 is 1.67 bits per heavy atom. The fourth-order valence-corrected chi connectivity index (χ4v) is 5.55. The van der Waals surface area contributed by atoms with Crippen LogP contribution in [0.2, 0.25) is 5.02 Å². The van der Waals surface area contributed by atoms with E-state index >= 15 is 0 Å². The number of ether oxygens (including phenoxy) is 2. The number of hydrogen-bond donors (Lipinski definition) is 1. The summed E-state index contributed by atoms with van der Waals surface area (Å²) in [6.07, 6.45) is -0.480. The molecule has 0 aliphatic heterocycles. The number of alkyl carbamates (subject to hydrolysis) is 1. The number of rotatable bonds is 12. The molecule has 12 heteroatoms. The third kappa shape index (κ3) is 10.9. The molecule has 0 bridgehead atoms. The van der Waals surface area contributed by atoms with Crippen LogP contribution < -0.4 is 5.32 Å². The molecule has 0 heterocycles. The second kappa shape index (κ2) is 15.1. The maximum Gasteiger partial charge on any atom is 0.407 e. The number of halogens is 3. The zero-order valence-corrected chi connectivity index (χ0v) is 27.4. The van der Waals surface area contributed by atoms with Gasteiger partial charge in [-0.25, -0.2) is 9.18 Å². The summed E-state index contributed by atoms with van der Waals surface area (Å²) in [6.45, 7) is 6.36. The number of hydrogen-bond acceptors (Lipinski definition) is 7. The molecular weight excluding hydrogens is 665 g/mol. The number of benzene rings is 3. The van der Waals surface area contributed by atoms with Gasteiger partial charge in [0, 0.05) is 21.1 Å². The quantitative estimate of drug-likeness (QED) is 0.156. The largest absolute Gasteiger partial charge is 0.466 e. The maximum absolute atomic E-state index is 14.4. The van der Waals surface area contributed by atoms with Crippen LogP contribution in [0.3, 0.4) is 0 Å². The van der Waals surface area contributed by atoms with E-state index in [0.29, 0.717) is 20.6 Å². The lowest BCUT2D eigenvalue weighted by Crippen LogP contribution is -2.42. The monoisotopic (exact) mass is 697 g/mol. The van der Waals surface area contributed by atoms with Crippen molar-refractivity contribution >= 4 is 49.7 Å². The maximum atomic E-state index is 14.4. The molecule has 43 heavy (non-hydrogen) atoms. The molecule has 0 aliphatic carbocycles. The molecule has 2 atom stereocenters. The van der Waals surface area contributed by atoms with E-state index in [0.717, 1.165) is 5.56 Å². The van der Waals surface area contributed by atoms with Crippen LogP contribution in [0.1, 0.15) is 39.7 Å². The molecule has 3 aromatic rings. The van der Waals surface area contributed by atoms with Crippen LogP contribution in [0, 0.1) is 11.7 Å². The molecule has 3 rings (SSSR count). The van der Waals surface area contributed by atoms with Crippen molar-refractivity contribution in [1.29, 1.82) is 0 Å². The van der Waals surface area contributed by atoms with E-state index in [2.05, 4.69) is 21.2 Å². The second-order valence-electron chi connectivity index (χ2n) is 10.7. The second-order valence-corrected chi connectivity index (χ2v) is 13.7.